The molecule has 1 aromatic carbocycles. The molecule has 0 aromatic heterocycles. The van der Waals surface area contributed by atoms with Gasteiger partial charge in [0.1, 0.15) is 5.75 Å². The van der Waals surface area contributed by atoms with Gasteiger partial charge in [-0.15, -0.1) is 0 Å². The van der Waals surface area contributed by atoms with Crippen molar-refractivity contribution >= 4 is 10.0 Å². The fraction of sp³-hybridized carbons (Fsp3) is 0.400. The third kappa shape index (κ3) is 3.89. The Bertz CT molecular complexity index is 414. The second-order valence-electron chi connectivity index (χ2n) is 3.27. The van der Waals surface area contributed by atoms with Crippen LogP contribution in [-0.4, -0.2) is 19.3 Å². The van der Waals surface area contributed by atoms with Gasteiger partial charge in [-0.25, -0.2) is 13.1 Å². The fourth-order valence-corrected chi connectivity index (χ4v) is 2.25. The van der Waals surface area contributed by atoms with Crippen LogP contribution in [0.1, 0.15) is 18.9 Å². The lowest BCUT2D eigenvalue weighted by molar-refractivity contribution is 0.467. The highest BCUT2D eigenvalue weighted by Gasteiger charge is 2.09. The first-order valence-corrected chi connectivity index (χ1v) is 6.44. The summed E-state index contributed by atoms with van der Waals surface area (Å²) in [6.45, 7) is 1.94. The van der Waals surface area contributed by atoms with E-state index in [-0.39, 0.29) is 18.0 Å². The van der Waals surface area contributed by atoms with E-state index in [4.69, 9.17) is 0 Å². The van der Waals surface area contributed by atoms with Crippen LogP contribution in [0, 0.1) is 0 Å². The van der Waals surface area contributed by atoms with E-state index in [9.17, 15) is 13.5 Å². The van der Waals surface area contributed by atoms with Crippen LogP contribution in [0.2, 0.25) is 0 Å². The van der Waals surface area contributed by atoms with Crippen LogP contribution in [0.5, 0.6) is 5.75 Å². The molecule has 0 bridgehead atoms. The lowest BCUT2D eigenvalue weighted by Crippen LogP contribution is -2.25. The number of phenolic OH excluding ortho intramolecular Hbond substituents is 1. The van der Waals surface area contributed by atoms with E-state index in [0.29, 0.717) is 12.0 Å². The molecule has 84 valence electrons. The molecule has 1 rings (SSSR count). The Labute approximate surface area is 90.0 Å². The lowest BCUT2D eigenvalue weighted by atomic mass is 10.2. The highest BCUT2D eigenvalue weighted by atomic mass is 32.2. The van der Waals surface area contributed by atoms with Crippen molar-refractivity contribution in [2.45, 2.75) is 19.9 Å². The van der Waals surface area contributed by atoms with Crippen LogP contribution >= 0.6 is 0 Å². The third-order valence-electron chi connectivity index (χ3n) is 1.95. The Morgan fingerprint density at radius 3 is 2.60 bits per heavy atom. The molecule has 0 amide bonds. The normalized spacial score (nSPS) is 11.5. The van der Waals surface area contributed by atoms with Gasteiger partial charge < -0.3 is 5.11 Å². The van der Waals surface area contributed by atoms with E-state index >= 15 is 0 Å². The minimum atomic E-state index is -3.21. The quantitative estimate of drug-likeness (QED) is 0.797. The van der Waals surface area contributed by atoms with Crippen molar-refractivity contribution in [2.75, 3.05) is 5.75 Å². The van der Waals surface area contributed by atoms with Gasteiger partial charge in [0, 0.05) is 12.1 Å². The van der Waals surface area contributed by atoms with Gasteiger partial charge in [0.25, 0.3) is 0 Å². The number of phenols is 1. The third-order valence-corrected chi connectivity index (χ3v) is 3.48. The molecule has 4 nitrogen and oxygen atoms in total. The predicted molar refractivity (Wildman–Crippen MR) is 59.0 cm³/mol. The molecule has 0 saturated heterocycles. The molecular formula is C10H15NO3S. The highest BCUT2D eigenvalue weighted by molar-refractivity contribution is 7.89. The Morgan fingerprint density at radius 1 is 1.33 bits per heavy atom. The van der Waals surface area contributed by atoms with E-state index in [1.807, 2.05) is 0 Å². The van der Waals surface area contributed by atoms with E-state index in [1.54, 1.807) is 25.1 Å². The van der Waals surface area contributed by atoms with Crippen LogP contribution in [-0.2, 0) is 16.6 Å². The standard InChI is InChI=1S/C10H15NO3S/c1-2-7-15(13,14)11-8-9-5-3-4-6-10(9)12/h3-6,11-12H,2,7-8H2,1H3. The molecule has 15 heavy (non-hydrogen) atoms. The Balaban J connectivity index is 2.62. The van der Waals surface area contributed by atoms with E-state index in [0.717, 1.165) is 0 Å². The largest absolute Gasteiger partial charge is 0.508 e. The summed E-state index contributed by atoms with van der Waals surface area (Å²) < 4.78 is 25.1. The number of para-hydroxylation sites is 1. The van der Waals surface area contributed by atoms with E-state index < -0.39 is 10.0 Å². The number of nitrogens with one attached hydrogen (secondary N) is 1. The summed E-state index contributed by atoms with van der Waals surface area (Å²) >= 11 is 0. The minimum absolute atomic E-state index is 0.108. The smallest absolute Gasteiger partial charge is 0.211 e. The van der Waals surface area contributed by atoms with Gasteiger partial charge in [-0.1, -0.05) is 25.1 Å². The molecule has 5 heteroatoms. The molecule has 0 atom stereocenters. The van der Waals surface area contributed by atoms with Crippen molar-refractivity contribution < 1.29 is 13.5 Å². The first-order chi connectivity index (χ1) is 7.05. The van der Waals surface area contributed by atoms with Gasteiger partial charge >= 0.3 is 0 Å². The first kappa shape index (κ1) is 12.0. The summed E-state index contributed by atoms with van der Waals surface area (Å²) in [5, 5.41) is 9.40. The van der Waals surface area contributed by atoms with Crippen LogP contribution in [0.25, 0.3) is 0 Å². The first-order valence-electron chi connectivity index (χ1n) is 4.79. The summed E-state index contributed by atoms with van der Waals surface area (Å²) in [5.41, 5.74) is 0.581. The van der Waals surface area contributed by atoms with Crippen LogP contribution in [0.4, 0.5) is 0 Å². The van der Waals surface area contributed by atoms with Gasteiger partial charge in [-0.05, 0) is 12.5 Å². The lowest BCUT2D eigenvalue weighted by Gasteiger charge is -2.06. The van der Waals surface area contributed by atoms with Crippen molar-refractivity contribution in [3.8, 4) is 5.75 Å². The van der Waals surface area contributed by atoms with Gasteiger partial charge in [-0.3, -0.25) is 0 Å². The van der Waals surface area contributed by atoms with Crippen LogP contribution in [0.3, 0.4) is 0 Å². The van der Waals surface area contributed by atoms with Gasteiger partial charge in [0.2, 0.25) is 10.0 Å². The topological polar surface area (TPSA) is 66.4 Å². The van der Waals surface area contributed by atoms with Crippen molar-refractivity contribution in [3.05, 3.63) is 29.8 Å². The SMILES string of the molecule is CCCS(=O)(=O)NCc1ccccc1O. The molecule has 0 aliphatic heterocycles. The fourth-order valence-electron chi connectivity index (χ4n) is 1.19. The van der Waals surface area contributed by atoms with Crippen molar-refractivity contribution in [1.82, 2.24) is 4.72 Å². The summed E-state index contributed by atoms with van der Waals surface area (Å²) in [7, 11) is -3.21. The predicted octanol–water partition coefficient (Wildman–Crippen LogP) is 1.22. The molecule has 1 aromatic rings. The molecular weight excluding hydrogens is 214 g/mol. The van der Waals surface area contributed by atoms with Crippen molar-refractivity contribution in [3.63, 3.8) is 0 Å². The summed E-state index contributed by atoms with van der Waals surface area (Å²) in [6.07, 6.45) is 0.579. The van der Waals surface area contributed by atoms with Crippen molar-refractivity contribution in [2.24, 2.45) is 0 Å². The number of aromatic hydroxyl groups is 1. The molecule has 0 heterocycles. The van der Waals surface area contributed by atoms with Gasteiger partial charge in [0.15, 0.2) is 0 Å². The Hall–Kier alpha value is -1.07. The molecule has 0 unspecified atom stereocenters. The van der Waals surface area contributed by atoms with Crippen LogP contribution < -0.4 is 4.72 Å². The number of hydrogen-bond acceptors (Lipinski definition) is 3. The second-order valence-corrected chi connectivity index (χ2v) is 5.20. The maximum atomic E-state index is 11.3. The zero-order chi connectivity index (χ0) is 11.3. The molecule has 0 saturated carbocycles. The maximum Gasteiger partial charge on any atom is 0.211 e. The minimum Gasteiger partial charge on any atom is -0.508 e. The van der Waals surface area contributed by atoms with Crippen molar-refractivity contribution in [1.29, 1.82) is 0 Å². The Kier molecular flexibility index (Phi) is 4.11. The average molecular weight is 229 g/mol. The van der Waals surface area contributed by atoms with E-state index in [2.05, 4.69) is 4.72 Å². The molecule has 0 aliphatic rings. The molecule has 0 fully saturated rings. The van der Waals surface area contributed by atoms with E-state index in [1.165, 1.54) is 6.07 Å². The molecule has 2 N–H and O–H groups in total. The highest BCUT2D eigenvalue weighted by Crippen LogP contribution is 2.15. The molecule has 0 radical (unpaired) electrons. The number of sulfonamides is 1. The summed E-state index contributed by atoms with van der Waals surface area (Å²) in [4.78, 5) is 0. The zero-order valence-corrected chi connectivity index (χ0v) is 9.42. The summed E-state index contributed by atoms with van der Waals surface area (Å²) in [6, 6.07) is 6.66. The molecule has 0 spiro atoms. The molecule has 0 aliphatic carbocycles. The average Bonchev–Trinajstić information content (AvgIpc) is 2.16. The number of rotatable bonds is 5. The van der Waals surface area contributed by atoms with Gasteiger partial charge in [0.05, 0.1) is 5.75 Å². The monoisotopic (exact) mass is 229 g/mol. The number of hydrogen-bond donors (Lipinski definition) is 2. The van der Waals surface area contributed by atoms with Gasteiger partial charge in [-0.2, -0.15) is 0 Å². The zero-order valence-electron chi connectivity index (χ0n) is 8.60. The number of benzene rings is 1. The second kappa shape index (κ2) is 5.14. The maximum absolute atomic E-state index is 11.3. The van der Waals surface area contributed by atoms with Crippen LogP contribution in [0.15, 0.2) is 24.3 Å². The summed E-state index contributed by atoms with van der Waals surface area (Å²) in [5.74, 6) is 0.220. The Morgan fingerprint density at radius 2 is 2.00 bits per heavy atom.